The summed E-state index contributed by atoms with van der Waals surface area (Å²) in [5.41, 5.74) is 3.30. The minimum Gasteiger partial charge on any atom is -0.387 e. The zero-order chi connectivity index (χ0) is 13.7. The summed E-state index contributed by atoms with van der Waals surface area (Å²) in [6.45, 7) is 5.65. The topological polar surface area (TPSA) is 23.5 Å². The number of hydrogen-bond donors (Lipinski definition) is 1. The molecule has 2 aromatic rings. The zero-order valence-corrected chi connectivity index (χ0v) is 11.6. The molecule has 2 rings (SSSR count). The maximum atomic E-state index is 10.4. The molecular formula is C17H21NO. The molecule has 0 bridgehead atoms. The predicted octanol–water partition coefficient (Wildman–Crippen LogP) is 3.55. The van der Waals surface area contributed by atoms with Gasteiger partial charge in [0, 0.05) is 18.8 Å². The molecule has 0 aliphatic rings. The highest BCUT2D eigenvalue weighted by atomic mass is 16.3. The Balaban J connectivity index is 2.13. The number of anilines is 1. The van der Waals surface area contributed by atoms with Gasteiger partial charge in [-0.25, -0.2) is 0 Å². The van der Waals surface area contributed by atoms with Gasteiger partial charge in [-0.15, -0.1) is 0 Å². The van der Waals surface area contributed by atoms with Gasteiger partial charge >= 0.3 is 0 Å². The molecule has 0 heterocycles. The maximum Gasteiger partial charge on any atom is 0.0967 e. The molecule has 1 N–H and O–H groups in total. The van der Waals surface area contributed by atoms with Gasteiger partial charge in [0.05, 0.1) is 6.10 Å². The van der Waals surface area contributed by atoms with E-state index in [9.17, 15) is 5.11 Å². The molecule has 0 fully saturated rings. The summed E-state index contributed by atoms with van der Waals surface area (Å²) in [5.74, 6) is 0. The molecule has 2 aromatic carbocycles. The van der Waals surface area contributed by atoms with Crippen LogP contribution in [0.4, 0.5) is 5.69 Å². The molecule has 0 amide bonds. The first-order valence-electron chi connectivity index (χ1n) is 6.76. The lowest BCUT2D eigenvalue weighted by atomic mass is 10.0. The molecule has 2 nitrogen and oxygen atoms in total. The summed E-state index contributed by atoms with van der Waals surface area (Å²) >= 11 is 0. The third-order valence-corrected chi connectivity index (χ3v) is 3.44. The van der Waals surface area contributed by atoms with E-state index in [0.717, 1.165) is 23.4 Å². The number of rotatable bonds is 5. The van der Waals surface area contributed by atoms with Crippen LogP contribution in [0.2, 0.25) is 0 Å². The predicted molar refractivity (Wildman–Crippen MR) is 80.5 cm³/mol. The zero-order valence-electron chi connectivity index (χ0n) is 11.6. The quantitative estimate of drug-likeness (QED) is 0.883. The number of likely N-dealkylation sites (N-methyl/N-ethyl adjacent to an activating group) is 1. The number of aliphatic hydroxyl groups is 1. The largest absolute Gasteiger partial charge is 0.387 e. The van der Waals surface area contributed by atoms with Crippen LogP contribution in [0.3, 0.4) is 0 Å². The number of aliphatic hydroxyl groups excluding tert-OH is 1. The van der Waals surface area contributed by atoms with Crippen LogP contribution in [0, 0.1) is 6.92 Å². The van der Waals surface area contributed by atoms with Gasteiger partial charge in [-0.3, -0.25) is 0 Å². The van der Waals surface area contributed by atoms with Crippen molar-refractivity contribution in [3.05, 3.63) is 65.7 Å². The summed E-state index contributed by atoms with van der Waals surface area (Å²) < 4.78 is 0. The van der Waals surface area contributed by atoms with Crippen molar-refractivity contribution in [1.82, 2.24) is 0 Å². The Kier molecular flexibility index (Phi) is 4.58. The second-order valence-electron chi connectivity index (χ2n) is 4.75. The summed E-state index contributed by atoms with van der Waals surface area (Å²) in [6, 6.07) is 18.2. The normalized spacial score (nSPS) is 12.2. The van der Waals surface area contributed by atoms with Crippen LogP contribution in [0.1, 0.15) is 24.2 Å². The fraction of sp³-hybridized carbons (Fsp3) is 0.294. The molecule has 0 aliphatic carbocycles. The first kappa shape index (κ1) is 13.6. The number of para-hydroxylation sites is 1. The molecule has 0 spiro atoms. The minimum absolute atomic E-state index is 0.457. The average molecular weight is 255 g/mol. The summed E-state index contributed by atoms with van der Waals surface area (Å²) in [5, 5.41) is 10.4. The van der Waals surface area contributed by atoms with Crippen LogP contribution in [0.25, 0.3) is 0 Å². The molecule has 100 valence electrons. The van der Waals surface area contributed by atoms with Gasteiger partial charge in [0.15, 0.2) is 0 Å². The SMILES string of the molecule is CCN(CC(O)c1ccccc1C)c1ccccc1. The van der Waals surface area contributed by atoms with Crippen molar-refractivity contribution in [2.45, 2.75) is 20.0 Å². The third-order valence-electron chi connectivity index (χ3n) is 3.44. The maximum absolute atomic E-state index is 10.4. The van der Waals surface area contributed by atoms with Crippen molar-refractivity contribution in [3.8, 4) is 0 Å². The molecular weight excluding hydrogens is 234 g/mol. The van der Waals surface area contributed by atoms with Crippen LogP contribution in [0.5, 0.6) is 0 Å². The molecule has 0 aromatic heterocycles. The number of aryl methyl sites for hydroxylation is 1. The highest BCUT2D eigenvalue weighted by Gasteiger charge is 2.14. The van der Waals surface area contributed by atoms with E-state index >= 15 is 0 Å². The van der Waals surface area contributed by atoms with Crippen LogP contribution < -0.4 is 4.90 Å². The lowest BCUT2D eigenvalue weighted by molar-refractivity contribution is 0.183. The van der Waals surface area contributed by atoms with Gasteiger partial charge < -0.3 is 10.0 Å². The number of benzene rings is 2. The van der Waals surface area contributed by atoms with Crippen LogP contribution in [-0.2, 0) is 0 Å². The van der Waals surface area contributed by atoms with Gasteiger partial charge in [0.25, 0.3) is 0 Å². The lowest BCUT2D eigenvalue weighted by Gasteiger charge is -2.26. The van der Waals surface area contributed by atoms with Gasteiger partial charge in [0.1, 0.15) is 0 Å². The van der Waals surface area contributed by atoms with E-state index in [0.29, 0.717) is 6.54 Å². The Hall–Kier alpha value is -1.80. The average Bonchev–Trinajstić information content (AvgIpc) is 2.46. The second-order valence-corrected chi connectivity index (χ2v) is 4.75. The van der Waals surface area contributed by atoms with Gasteiger partial charge in [0.2, 0.25) is 0 Å². The fourth-order valence-corrected chi connectivity index (χ4v) is 2.32. The number of nitrogens with zero attached hydrogens (tertiary/aromatic N) is 1. The van der Waals surface area contributed by atoms with Crippen molar-refractivity contribution in [1.29, 1.82) is 0 Å². The van der Waals surface area contributed by atoms with Crippen molar-refractivity contribution in [2.75, 3.05) is 18.0 Å². The van der Waals surface area contributed by atoms with E-state index in [4.69, 9.17) is 0 Å². The van der Waals surface area contributed by atoms with E-state index in [2.05, 4.69) is 24.0 Å². The molecule has 1 atom stereocenters. The summed E-state index contributed by atoms with van der Waals surface area (Å²) in [6.07, 6.45) is -0.457. The third kappa shape index (κ3) is 3.36. The van der Waals surface area contributed by atoms with Crippen molar-refractivity contribution >= 4 is 5.69 Å². The molecule has 19 heavy (non-hydrogen) atoms. The smallest absolute Gasteiger partial charge is 0.0967 e. The van der Waals surface area contributed by atoms with Crippen molar-refractivity contribution in [3.63, 3.8) is 0 Å². The fourth-order valence-electron chi connectivity index (χ4n) is 2.32. The van der Waals surface area contributed by atoms with Crippen LogP contribution in [-0.4, -0.2) is 18.2 Å². The Morgan fingerprint density at radius 2 is 1.63 bits per heavy atom. The second kappa shape index (κ2) is 6.39. The lowest BCUT2D eigenvalue weighted by Crippen LogP contribution is -2.28. The standard InChI is InChI=1S/C17H21NO/c1-3-18(15-10-5-4-6-11-15)13-17(19)16-12-8-7-9-14(16)2/h4-12,17,19H,3,13H2,1-2H3. The minimum atomic E-state index is -0.457. The van der Waals surface area contributed by atoms with Crippen molar-refractivity contribution < 1.29 is 5.11 Å². The summed E-state index contributed by atoms with van der Waals surface area (Å²) in [4.78, 5) is 2.19. The molecule has 0 radical (unpaired) electrons. The van der Waals surface area contributed by atoms with E-state index in [1.165, 1.54) is 0 Å². The van der Waals surface area contributed by atoms with Gasteiger partial charge in [-0.1, -0.05) is 42.5 Å². The van der Waals surface area contributed by atoms with E-state index in [-0.39, 0.29) is 0 Å². The Labute approximate surface area is 115 Å². The van der Waals surface area contributed by atoms with Gasteiger partial charge in [-0.2, -0.15) is 0 Å². The van der Waals surface area contributed by atoms with Crippen LogP contribution in [0.15, 0.2) is 54.6 Å². The Bertz CT molecular complexity index is 510. The summed E-state index contributed by atoms with van der Waals surface area (Å²) in [7, 11) is 0. The van der Waals surface area contributed by atoms with Crippen molar-refractivity contribution in [2.24, 2.45) is 0 Å². The van der Waals surface area contributed by atoms with Gasteiger partial charge in [-0.05, 0) is 37.1 Å². The molecule has 2 heteroatoms. The van der Waals surface area contributed by atoms with E-state index in [1.807, 2.05) is 49.4 Å². The Morgan fingerprint density at radius 1 is 1.00 bits per heavy atom. The molecule has 0 aliphatic heterocycles. The van der Waals surface area contributed by atoms with E-state index < -0.39 is 6.10 Å². The highest BCUT2D eigenvalue weighted by molar-refractivity contribution is 5.46. The molecule has 1 unspecified atom stereocenters. The Morgan fingerprint density at radius 3 is 2.26 bits per heavy atom. The first-order valence-corrected chi connectivity index (χ1v) is 6.76. The number of hydrogen-bond acceptors (Lipinski definition) is 2. The molecule has 0 saturated heterocycles. The first-order chi connectivity index (χ1) is 9.22. The highest BCUT2D eigenvalue weighted by Crippen LogP contribution is 2.21. The monoisotopic (exact) mass is 255 g/mol. The molecule has 0 saturated carbocycles. The van der Waals surface area contributed by atoms with E-state index in [1.54, 1.807) is 0 Å². The van der Waals surface area contributed by atoms with Crippen LogP contribution >= 0.6 is 0 Å².